The fraction of sp³-hybridized carbons (Fsp3) is 0.476. The Labute approximate surface area is 149 Å². The fourth-order valence-corrected chi connectivity index (χ4v) is 4.34. The quantitative estimate of drug-likeness (QED) is 0.833. The maximum Gasteiger partial charge on any atom is 0.228 e. The predicted molar refractivity (Wildman–Crippen MR) is 100 cm³/mol. The number of nitrogens with zero attached hydrogens (tertiary/aromatic N) is 2. The van der Waals surface area contributed by atoms with Crippen LogP contribution in [0.4, 0.5) is 5.82 Å². The zero-order valence-corrected chi connectivity index (χ0v) is 14.6. The van der Waals surface area contributed by atoms with Crippen LogP contribution in [0.5, 0.6) is 0 Å². The highest BCUT2D eigenvalue weighted by molar-refractivity contribution is 5.93. The minimum Gasteiger partial charge on any atom is -0.295 e. The third-order valence-corrected chi connectivity index (χ3v) is 5.76. The zero-order chi connectivity index (χ0) is 17.1. The van der Waals surface area contributed by atoms with Crippen molar-refractivity contribution in [2.75, 3.05) is 11.4 Å². The number of hydrogen-bond acceptors (Lipinski definition) is 2. The van der Waals surface area contributed by atoms with Gasteiger partial charge in [0.2, 0.25) is 5.91 Å². The molecule has 4 rings (SSSR count). The number of aromatic nitrogens is 2. The Morgan fingerprint density at radius 3 is 2.84 bits per heavy atom. The number of hydrogen-bond donors (Lipinski definition) is 1. The van der Waals surface area contributed by atoms with E-state index >= 15 is 0 Å². The third-order valence-electron chi connectivity index (χ3n) is 5.76. The lowest BCUT2D eigenvalue weighted by molar-refractivity contribution is -0.121. The highest BCUT2D eigenvalue weighted by Crippen LogP contribution is 2.37. The van der Waals surface area contributed by atoms with Gasteiger partial charge in [-0.2, -0.15) is 5.10 Å². The van der Waals surface area contributed by atoms with Gasteiger partial charge in [0.15, 0.2) is 5.82 Å². The zero-order valence-electron chi connectivity index (χ0n) is 14.6. The minimum absolute atomic E-state index is 0.229. The van der Waals surface area contributed by atoms with Crippen LogP contribution in [0.3, 0.4) is 0 Å². The number of aromatic amines is 1. The van der Waals surface area contributed by atoms with Crippen molar-refractivity contribution < 1.29 is 4.79 Å². The molecule has 0 aromatic carbocycles. The second-order valence-corrected chi connectivity index (χ2v) is 7.32. The Bertz CT molecular complexity index is 758. The summed E-state index contributed by atoms with van der Waals surface area (Å²) in [4.78, 5) is 14.6. The first kappa shape index (κ1) is 16.2. The molecular formula is C21H25N3O. The summed E-state index contributed by atoms with van der Waals surface area (Å²) in [6, 6.07) is 1.98. The number of carbonyl (C=O) groups excluding carboxylic acids is 1. The Morgan fingerprint density at radius 1 is 1.12 bits per heavy atom. The van der Waals surface area contributed by atoms with E-state index in [9.17, 15) is 4.79 Å². The summed E-state index contributed by atoms with van der Waals surface area (Å²) in [6.45, 7) is 0.792. The Balaban J connectivity index is 1.44. The standard InChI is InChI=1S/C21H25N3O/c25-21-14-18(16-8-6-3-7-9-16)12-13-24(21)20-15-19(22-23-20)17-10-4-1-2-5-11-17/h1,4-5,10-11,15-16,18H,3,6-9,12-14H2,(H,22,23). The van der Waals surface area contributed by atoms with Crippen molar-refractivity contribution in [1.82, 2.24) is 10.2 Å². The molecule has 2 heterocycles. The first-order valence-corrected chi connectivity index (χ1v) is 9.47. The molecule has 1 amide bonds. The summed E-state index contributed by atoms with van der Waals surface area (Å²) in [7, 11) is 0. The molecule has 0 bridgehead atoms. The van der Waals surface area contributed by atoms with Crippen molar-refractivity contribution in [3.05, 3.63) is 47.9 Å². The van der Waals surface area contributed by atoms with Crippen LogP contribution in [0.2, 0.25) is 0 Å². The highest BCUT2D eigenvalue weighted by atomic mass is 16.2. The summed E-state index contributed by atoms with van der Waals surface area (Å²) in [5.74, 6) is 2.31. The van der Waals surface area contributed by atoms with Gasteiger partial charge in [-0.05, 0) is 36.5 Å². The van der Waals surface area contributed by atoms with Gasteiger partial charge in [0.25, 0.3) is 0 Å². The average Bonchev–Trinajstić information content (AvgIpc) is 2.97. The van der Waals surface area contributed by atoms with Crippen molar-refractivity contribution in [2.24, 2.45) is 11.8 Å². The van der Waals surface area contributed by atoms with Crippen LogP contribution in [0.1, 0.15) is 50.6 Å². The molecule has 1 N–H and O–H groups in total. The van der Waals surface area contributed by atoms with Gasteiger partial charge < -0.3 is 0 Å². The molecule has 1 aromatic heterocycles. The molecule has 25 heavy (non-hydrogen) atoms. The summed E-state index contributed by atoms with van der Waals surface area (Å²) in [6.07, 6.45) is 18.2. The van der Waals surface area contributed by atoms with E-state index < -0.39 is 0 Å². The minimum atomic E-state index is 0.229. The van der Waals surface area contributed by atoms with Gasteiger partial charge in [0, 0.05) is 24.6 Å². The van der Waals surface area contributed by atoms with Crippen molar-refractivity contribution in [1.29, 1.82) is 0 Å². The van der Waals surface area contributed by atoms with E-state index in [-0.39, 0.29) is 5.91 Å². The number of allylic oxidation sites excluding steroid dienone is 5. The molecule has 4 heteroatoms. The van der Waals surface area contributed by atoms with Crippen molar-refractivity contribution in [3.63, 3.8) is 0 Å². The van der Waals surface area contributed by atoms with Crippen molar-refractivity contribution in [2.45, 2.75) is 44.9 Å². The summed E-state index contributed by atoms with van der Waals surface area (Å²) >= 11 is 0. The smallest absolute Gasteiger partial charge is 0.228 e. The van der Waals surface area contributed by atoms with Crippen LogP contribution < -0.4 is 4.90 Å². The van der Waals surface area contributed by atoms with Gasteiger partial charge in [-0.25, -0.2) is 0 Å². The predicted octanol–water partition coefficient (Wildman–Crippen LogP) is 4.40. The van der Waals surface area contributed by atoms with E-state index in [1.807, 2.05) is 41.3 Å². The molecule has 1 unspecified atom stereocenters. The normalized spacial score (nSPS) is 24.5. The van der Waals surface area contributed by atoms with E-state index in [1.54, 1.807) is 0 Å². The fourth-order valence-electron chi connectivity index (χ4n) is 4.34. The molecule has 130 valence electrons. The molecule has 3 aliphatic rings. The van der Waals surface area contributed by atoms with E-state index in [0.29, 0.717) is 12.3 Å². The van der Waals surface area contributed by atoms with Crippen LogP contribution in [-0.2, 0) is 4.79 Å². The van der Waals surface area contributed by atoms with E-state index in [1.165, 1.54) is 32.1 Å². The maximum atomic E-state index is 12.7. The van der Waals surface area contributed by atoms with Gasteiger partial charge in [0.05, 0.1) is 5.69 Å². The molecule has 4 nitrogen and oxygen atoms in total. The molecule has 2 fully saturated rings. The number of amides is 1. The van der Waals surface area contributed by atoms with Crippen LogP contribution in [0, 0.1) is 11.8 Å². The molecule has 2 aliphatic carbocycles. The second-order valence-electron chi connectivity index (χ2n) is 7.32. The van der Waals surface area contributed by atoms with Crippen molar-refractivity contribution in [3.8, 4) is 0 Å². The number of H-pyrrole nitrogens is 1. The van der Waals surface area contributed by atoms with E-state index in [2.05, 4.69) is 15.9 Å². The summed E-state index contributed by atoms with van der Waals surface area (Å²) in [5, 5.41) is 7.47. The van der Waals surface area contributed by atoms with Gasteiger partial charge in [-0.3, -0.25) is 14.8 Å². The molecule has 1 saturated carbocycles. The van der Waals surface area contributed by atoms with E-state index in [0.717, 1.165) is 36.0 Å². The first-order chi connectivity index (χ1) is 12.3. The molecule has 0 radical (unpaired) electrons. The lowest BCUT2D eigenvalue weighted by Gasteiger charge is -2.36. The third kappa shape index (κ3) is 3.54. The van der Waals surface area contributed by atoms with Crippen LogP contribution in [0.15, 0.2) is 42.2 Å². The van der Waals surface area contributed by atoms with Gasteiger partial charge >= 0.3 is 0 Å². The highest BCUT2D eigenvalue weighted by Gasteiger charge is 2.33. The number of nitrogens with one attached hydrogen (secondary N) is 1. The monoisotopic (exact) mass is 335 g/mol. The number of rotatable bonds is 3. The van der Waals surface area contributed by atoms with Gasteiger partial charge in [0.1, 0.15) is 0 Å². The Hall–Kier alpha value is -2.32. The average molecular weight is 335 g/mol. The number of carbonyl (C=O) groups is 1. The molecule has 1 atom stereocenters. The molecule has 0 spiro atoms. The molecule has 1 aromatic rings. The number of piperidine rings is 1. The molecule has 1 aliphatic heterocycles. The van der Waals surface area contributed by atoms with Crippen molar-refractivity contribution >= 4 is 17.3 Å². The topological polar surface area (TPSA) is 49.0 Å². The van der Waals surface area contributed by atoms with Crippen LogP contribution in [-0.4, -0.2) is 22.6 Å². The lowest BCUT2D eigenvalue weighted by Crippen LogP contribution is -2.41. The van der Waals surface area contributed by atoms with Crippen LogP contribution in [0.25, 0.3) is 5.57 Å². The number of anilines is 1. The second kappa shape index (κ2) is 7.28. The Kier molecular flexibility index (Phi) is 4.71. The lowest BCUT2D eigenvalue weighted by atomic mass is 9.75. The summed E-state index contributed by atoms with van der Waals surface area (Å²) in [5.41, 5.74) is 5.03. The molecular weight excluding hydrogens is 310 g/mol. The molecule has 1 saturated heterocycles. The van der Waals surface area contributed by atoms with Crippen LogP contribution >= 0.6 is 0 Å². The summed E-state index contributed by atoms with van der Waals surface area (Å²) < 4.78 is 0. The van der Waals surface area contributed by atoms with E-state index in [4.69, 9.17) is 0 Å². The first-order valence-electron chi connectivity index (χ1n) is 9.47. The SMILES string of the molecule is O=C1CC(C2CCCCC2)CCN1c1cc(C2=CC=C=CC=C2)[nH]n1. The maximum absolute atomic E-state index is 12.7. The van der Waals surface area contributed by atoms with Gasteiger partial charge in [-0.1, -0.05) is 44.3 Å². The largest absolute Gasteiger partial charge is 0.295 e. The van der Waals surface area contributed by atoms with Gasteiger partial charge in [-0.15, -0.1) is 5.73 Å². The Morgan fingerprint density at radius 2 is 2.00 bits per heavy atom.